The number of amides is 1. The Morgan fingerprint density at radius 3 is 2.20 bits per heavy atom. The summed E-state index contributed by atoms with van der Waals surface area (Å²) < 4.78 is 0. The van der Waals surface area contributed by atoms with Crippen molar-refractivity contribution in [3.05, 3.63) is 0 Å². The Balaban J connectivity index is 4.00. The molecular formula is C12H26N2O. The Morgan fingerprint density at radius 2 is 1.80 bits per heavy atom. The van der Waals surface area contributed by atoms with Gasteiger partial charge in [-0.3, -0.25) is 4.79 Å². The van der Waals surface area contributed by atoms with Gasteiger partial charge in [-0.05, 0) is 18.4 Å². The molecule has 15 heavy (non-hydrogen) atoms. The maximum Gasteiger partial charge on any atom is 0.224 e. The van der Waals surface area contributed by atoms with E-state index in [1.54, 1.807) is 0 Å². The van der Waals surface area contributed by atoms with Crippen molar-refractivity contribution < 1.29 is 4.79 Å². The minimum Gasteiger partial charge on any atom is -0.355 e. The van der Waals surface area contributed by atoms with Gasteiger partial charge in [0.15, 0.2) is 0 Å². The molecule has 0 aliphatic carbocycles. The molecule has 0 heterocycles. The van der Waals surface area contributed by atoms with E-state index < -0.39 is 0 Å². The standard InChI is InChI=1S/C12H26N2O/c1-9(2)12(4,5)8-14-11(15)10(3)7-13-6/h9-10,13H,7-8H2,1-6H3,(H,14,15). The molecule has 0 radical (unpaired) electrons. The van der Waals surface area contributed by atoms with Crippen LogP contribution >= 0.6 is 0 Å². The van der Waals surface area contributed by atoms with Gasteiger partial charge in [0.2, 0.25) is 5.91 Å². The highest BCUT2D eigenvalue weighted by molar-refractivity contribution is 5.78. The van der Waals surface area contributed by atoms with Crippen molar-refractivity contribution in [1.29, 1.82) is 0 Å². The second-order valence-corrected chi connectivity index (χ2v) is 5.32. The van der Waals surface area contributed by atoms with E-state index in [4.69, 9.17) is 0 Å². The van der Waals surface area contributed by atoms with E-state index in [2.05, 4.69) is 38.3 Å². The lowest BCUT2D eigenvalue weighted by atomic mass is 9.81. The Kier molecular flexibility index (Phi) is 5.88. The third kappa shape index (κ3) is 5.17. The predicted molar refractivity (Wildman–Crippen MR) is 64.7 cm³/mol. The molecule has 90 valence electrons. The van der Waals surface area contributed by atoms with Crippen LogP contribution in [-0.4, -0.2) is 26.0 Å². The Labute approximate surface area is 94.0 Å². The van der Waals surface area contributed by atoms with Crippen LogP contribution in [0, 0.1) is 17.3 Å². The van der Waals surface area contributed by atoms with Crippen molar-refractivity contribution in [3.8, 4) is 0 Å². The van der Waals surface area contributed by atoms with Crippen molar-refractivity contribution in [2.24, 2.45) is 17.3 Å². The van der Waals surface area contributed by atoms with Gasteiger partial charge in [-0.1, -0.05) is 34.6 Å². The van der Waals surface area contributed by atoms with Gasteiger partial charge in [0.1, 0.15) is 0 Å². The van der Waals surface area contributed by atoms with Crippen molar-refractivity contribution in [3.63, 3.8) is 0 Å². The van der Waals surface area contributed by atoms with E-state index in [-0.39, 0.29) is 17.2 Å². The van der Waals surface area contributed by atoms with Crippen LogP contribution < -0.4 is 10.6 Å². The molecule has 0 aliphatic heterocycles. The smallest absolute Gasteiger partial charge is 0.224 e. The lowest BCUT2D eigenvalue weighted by Crippen LogP contribution is -2.41. The molecule has 0 aromatic heterocycles. The van der Waals surface area contributed by atoms with E-state index >= 15 is 0 Å². The molecule has 0 spiro atoms. The van der Waals surface area contributed by atoms with Crippen LogP contribution in [0.5, 0.6) is 0 Å². The Hall–Kier alpha value is -0.570. The lowest BCUT2D eigenvalue weighted by molar-refractivity contribution is -0.124. The second-order valence-electron chi connectivity index (χ2n) is 5.32. The number of hydrogen-bond donors (Lipinski definition) is 2. The summed E-state index contributed by atoms with van der Waals surface area (Å²) in [7, 11) is 1.86. The molecular weight excluding hydrogens is 188 g/mol. The SMILES string of the molecule is CNCC(C)C(=O)NCC(C)(C)C(C)C. The van der Waals surface area contributed by atoms with E-state index in [1.165, 1.54) is 0 Å². The van der Waals surface area contributed by atoms with Gasteiger partial charge in [-0.25, -0.2) is 0 Å². The van der Waals surface area contributed by atoms with Crippen LogP contribution in [0.1, 0.15) is 34.6 Å². The van der Waals surface area contributed by atoms with Gasteiger partial charge in [-0.2, -0.15) is 0 Å². The first-order chi connectivity index (χ1) is 6.81. The fraction of sp³-hybridized carbons (Fsp3) is 0.917. The van der Waals surface area contributed by atoms with Crippen LogP contribution in [0.3, 0.4) is 0 Å². The molecule has 0 saturated carbocycles. The van der Waals surface area contributed by atoms with Gasteiger partial charge < -0.3 is 10.6 Å². The van der Waals surface area contributed by atoms with Crippen LogP contribution in [0.15, 0.2) is 0 Å². The fourth-order valence-corrected chi connectivity index (χ4v) is 1.09. The molecule has 0 fully saturated rings. The van der Waals surface area contributed by atoms with Crippen molar-refractivity contribution >= 4 is 5.91 Å². The molecule has 0 rings (SSSR count). The quantitative estimate of drug-likeness (QED) is 0.706. The maximum absolute atomic E-state index is 11.7. The van der Waals surface area contributed by atoms with Gasteiger partial charge in [0.25, 0.3) is 0 Å². The summed E-state index contributed by atoms with van der Waals surface area (Å²) in [6.07, 6.45) is 0. The first-order valence-electron chi connectivity index (χ1n) is 5.73. The zero-order chi connectivity index (χ0) is 12.1. The van der Waals surface area contributed by atoms with Crippen molar-refractivity contribution in [2.75, 3.05) is 20.1 Å². The molecule has 2 N–H and O–H groups in total. The molecule has 1 unspecified atom stereocenters. The van der Waals surface area contributed by atoms with E-state index in [0.29, 0.717) is 5.92 Å². The van der Waals surface area contributed by atoms with E-state index in [1.807, 2.05) is 14.0 Å². The maximum atomic E-state index is 11.7. The summed E-state index contributed by atoms with van der Waals surface area (Å²) in [6, 6.07) is 0. The predicted octanol–water partition coefficient (Wildman–Crippen LogP) is 1.64. The summed E-state index contributed by atoms with van der Waals surface area (Å²) in [5, 5.41) is 6.02. The van der Waals surface area contributed by atoms with E-state index in [9.17, 15) is 4.79 Å². The summed E-state index contributed by atoms with van der Waals surface area (Å²) in [4.78, 5) is 11.7. The normalized spacial score (nSPS) is 14.1. The first-order valence-corrected chi connectivity index (χ1v) is 5.73. The van der Waals surface area contributed by atoms with E-state index in [0.717, 1.165) is 13.1 Å². The number of nitrogens with one attached hydrogen (secondary N) is 2. The Morgan fingerprint density at radius 1 is 1.27 bits per heavy atom. The summed E-state index contributed by atoms with van der Waals surface area (Å²) in [5.74, 6) is 0.744. The summed E-state index contributed by atoms with van der Waals surface area (Å²) in [5.41, 5.74) is 0.162. The van der Waals surface area contributed by atoms with Crippen molar-refractivity contribution in [1.82, 2.24) is 10.6 Å². The number of carbonyl (C=O) groups excluding carboxylic acids is 1. The molecule has 0 bridgehead atoms. The highest BCUT2D eigenvalue weighted by Gasteiger charge is 2.23. The molecule has 0 aliphatic rings. The largest absolute Gasteiger partial charge is 0.355 e. The summed E-state index contributed by atoms with van der Waals surface area (Å²) >= 11 is 0. The number of rotatable bonds is 6. The zero-order valence-electron chi connectivity index (χ0n) is 11.0. The Bertz CT molecular complexity index is 200. The number of carbonyl (C=O) groups is 1. The minimum atomic E-state index is 0.0398. The first kappa shape index (κ1) is 14.4. The zero-order valence-corrected chi connectivity index (χ0v) is 11.0. The molecule has 0 aromatic carbocycles. The van der Waals surface area contributed by atoms with Gasteiger partial charge >= 0.3 is 0 Å². The molecule has 3 nitrogen and oxygen atoms in total. The van der Waals surface area contributed by atoms with Crippen molar-refractivity contribution in [2.45, 2.75) is 34.6 Å². The average molecular weight is 214 g/mol. The highest BCUT2D eigenvalue weighted by atomic mass is 16.1. The average Bonchev–Trinajstić information content (AvgIpc) is 2.14. The summed E-state index contributed by atoms with van der Waals surface area (Å²) in [6.45, 7) is 12.1. The molecule has 0 aromatic rings. The van der Waals surface area contributed by atoms with Crippen LogP contribution in [0.2, 0.25) is 0 Å². The third-order valence-electron chi connectivity index (χ3n) is 3.24. The lowest BCUT2D eigenvalue weighted by Gasteiger charge is -2.29. The van der Waals surface area contributed by atoms with Crippen LogP contribution in [0.4, 0.5) is 0 Å². The van der Waals surface area contributed by atoms with Gasteiger partial charge in [0, 0.05) is 19.0 Å². The molecule has 0 saturated heterocycles. The topological polar surface area (TPSA) is 41.1 Å². The van der Waals surface area contributed by atoms with Gasteiger partial charge in [0.05, 0.1) is 0 Å². The second kappa shape index (κ2) is 6.11. The third-order valence-corrected chi connectivity index (χ3v) is 3.24. The minimum absolute atomic E-state index is 0.0398. The van der Waals surface area contributed by atoms with Crippen LogP contribution in [0.25, 0.3) is 0 Å². The monoisotopic (exact) mass is 214 g/mol. The number of hydrogen-bond acceptors (Lipinski definition) is 2. The highest BCUT2D eigenvalue weighted by Crippen LogP contribution is 2.24. The molecule has 1 atom stereocenters. The molecule has 3 heteroatoms. The van der Waals surface area contributed by atoms with Crippen LogP contribution in [-0.2, 0) is 4.79 Å². The molecule has 1 amide bonds. The van der Waals surface area contributed by atoms with Gasteiger partial charge in [-0.15, -0.1) is 0 Å². The fourth-order valence-electron chi connectivity index (χ4n) is 1.09.